The van der Waals surface area contributed by atoms with E-state index >= 15 is 4.39 Å². The smallest absolute Gasteiger partial charge is 0.330 e. The fraction of sp³-hybridized carbons (Fsp3) is 0.296. The lowest BCUT2D eigenvalue weighted by Gasteiger charge is -2.32. The lowest BCUT2D eigenvalue weighted by Crippen LogP contribution is -2.35. The topological polar surface area (TPSA) is 59.7 Å². The molecule has 1 saturated heterocycles. The molecule has 1 unspecified atom stereocenters. The zero-order valence-corrected chi connectivity index (χ0v) is 22.1. The number of esters is 1. The second-order valence-electron chi connectivity index (χ2n) is 9.00. The van der Waals surface area contributed by atoms with E-state index in [0.29, 0.717) is 28.4 Å². The number of hydrogen-bond acceptors (Lipinski definition) is 6. The Morgan fingerprint density at radius 1 is 1.37 bits per heavy atom. The van der Waals surface area contributed by atoms with Gasteiger partial charge in [-0.15, -0.1) is 11.3 Å². The summed E-state index contributed by atoms with van der Waals surface area (Å²) >= 11 is 7.93. The van der Waals surface area contributed by atoms with E-state index in [1.165, 1.54) is 42.7 Å². The highest BCUT2D eigenvalue weighted by atomic mass is 35.5. The number of halogens is 4. The third-order valence-corrected chi connectivity index (χ3v) is 7.54. The number of thiophene rings is 1. The van der Waals surface area contributed by atoms with Gasteiger partial charge in [0.05, 0.1) is 23.7 Å². The molecule has 1 aromatic carbocycles. The Morgan fingerprint density at radius 2 is 2.18 bits per heavy atom. The molecule has 6 nitrogen and oxygen atoms in total. The molecule has 0 saturated carbocycles. The second-order valence-corrected chi connectivity index (χ2v) is 10.4. The highest BCUT2D eigenvalue weighted by molar-refractivity contribution is 7.12. The number of amidine groups is 1. The zero-order valence-electron chi connectivity index (χ0n) is 20.6. The van der Waals surface area contributed by atoms with E-state index in [4.69, 9.17) is 21.3 Å². The molecule has 3 atom stereocenters. The van der Waals surface area contributed by atoms with Gasteiger partial charge in [0.25, 0.3) is 0 Å². The van der Waals surface area contributed by atoms with E-state index in [-0.39, 0.29) is 24.6 Å². The largest absolute Gasteiger partial charge is 0.463 e. The first-order valence-electron chi connectivity index (χ1n) is 12.0. The fourth-order valence-electron chi connectivity index (χ4n) is 4.68. The van der Waals surface area contributed by atoms with Crippen LogP contribution in [0.2, 0.25) is 5.02 Å². The third kappa shape index (κ3) is 5.02. The molecule has 5 rings (SSSR count). The van der Waals surface area contributed by atoms with Crippen molar-refractivity contribution in [1.82, 2.24) is 14.7 Å². The molecule has 0 bridgehead atoms. The van der Waals surface area contributed by atoms with Crippen molar-refractivity contribution in [1.29, 1.82) is 0 Å². The summed E-state index contributed by atoms with van der Waals surface area (Å²) < 4.78 is 50.5. The Hall–Kier alpha value is -3.37. The number of carbonyl (C=O) groups excluding carboxylic acids is 1. The first-order valence-corrected chi connectivity index (χ1v) is 13.3. The number of aliphatic imine (C=N–C) groups is 1. The molecule has 38 heavy (non-hydrogen) atoms. The minimum Gasteiger partial charge on any atom is -0.463 e. The molecule has 3 aromatic rings. The van der Waals surface area contributed by atoms with Gasteiger partial charge in [-0.25, -0.2) is 22.6 Å². The number of carbonyl (C=O) groups is 1. The van der Waals surface area contributed by atoms with Crippen molar-refractivity contribution in [2.75, 3.05) is 13.2 Å². The van der Waals surface area contributed by atoms with Gasteiger partial charge in [0.15, 0.2) is 12.0 Å². The summed E-state index contributed by atoms with van der Waals surface area (Å²) in [5, 5.41) is 6.45. The predicted octanol–water partition coefficient (Wildman–Crippen LogP) is 6.67. The van der Waals surface area contributed by atoms with Gasteiger partial charge in [-0.3, -0.25) is 4.99 Å². The highest BCUT2D eigenvalue weighted by Gasteiger charge is 2.47. The number of alkyl halides is 2. The molecule has 0 spiro atoms. The van der Waals surface area contributed by atoms with Gasteiger partial charge in [-0.2, -0.15) is 5.10 Å². The summed E-state index contributed by atoms with van der Waals surface area (Å²) in [4.78, 5) is 19.5. The maximum absolute atomic E-state index is 16.3. The number of hydrogen-bond donors (Lipinski definition) is 0. The number of ether oxygens (including phenoxy) is 1. The lowest BCUT2D eigenvalue weighted by atomic mass is 9.91. The summed E-state index contributed by atoms with van der Waals surface area (Å²) in [5.41, 5.74) is 0.0740. The van der Waals surface area contributed by atoms with Crippen LogP contribution < -0.4 is 0 Å². The van der Waals surface area contributed by atoms with Gasteiger partial charge in [-0.1, -0.05) is 23.7 Å². The number of nitrogens with zero attached hydrogens (tertiary/aromatic N) is 4. The van der Waals surface area contributed by atoms with Crippen LogP contribution in [0.3, 0.4) is 0 Å². The predicted molar refractivity (Wildman–Crippen MR) is 141 cm³/mol. The quantitative estimate of drug-likeness (QED) is 0.239. The number of benzene rings is 1. The van der Waals surface area contributed by atoms with Crippen molar-refractivity contribution in [2.24, 2.45) is 4.99 Å². The Balaban J connectivity index is 1.70. The van der Waals surface area contributed by atoms with E-state index in [2.05, 4.69) is 5.10 Å². The molecule has 1 fully saturated rings. The molecule has 11 heteroatoms. The first-order chi connectivity index (χ1) is 18.2. The highest BCUT2D eigenvalue weighted by Crippen LogP contribution is 2.49. The van der Waals surface area contributed by atoms with Gasteiger partial charge < -0.3 is 9.64 Å². The monoisotopic (exact) mass is 560 g/mol. The molecule has 4 heterocycles. The van der Waals surface area contributed by atoms with Gasteiger partial charge in [-0.05, 0) is 49.6 Å². The van der Waals surface area contributed by atoms with Crippen LogP contribution in [0.5, 0.6) is 0 Å². The van der Waals surface area contributed by atoms with Gasteiger partial charge >= 0.3 is 5.97 Å². The molecule has 0 radical (unpaired) electrons. The van der Waals surface area contributed by atoms with Crippen LogP contribution in [0.4, 0.5) is 13.2 Å². The van der Waals surface area contributed by atoms with E-state index in [1.54, 1.807) is 24.0 Å². The average molecular weight is 561 g/mol. The number of rotatable bonds is 7. The number of fused-ring (bicyclic) bond motifs is 1. The van der Waals surface area contributed by atoms with Crippen LogP contribution in [-0.4, -0.2) is 45.3 Å². The first kappa shape index (κ1) is 26.2. The average Bonchev–Trinajstić information content (AvgIpc) is 3.62. The van der Waals surface area contributed by atoms with Crippen molar-refractivity contribution in [3.63, 3.8) is 0 Å². The summed E-state index contributed by atoms with van der Waals surface area (Å²) in [6.07, 6.45) is 2.32. The number of allylic oxidation sites excluding steroid dienone is 1. The maximum atomic E-state index is 16.3. The minimum absolute atomic E-state index is 0.101. The van der Waals surface area contributed by atoms with Crippen molar-refractivity contribution in [3.8, 4) is 0 Å². The Kier molecular flexibility index (Phi) is 7.19. The molecular formula is C27H24ClF3N4O2S. The molecule has 198 valence electrons. The van der Waals surface area contributed by atoms with E-state index < -0.39 is 29.8 Å². The zero-order chi connectivity index (χ0) is 27.0. The summed E-state index contributed by atoms with van der Waals surface area (Å²) in [7, 11) is 0. The molecule has 0 N–H and O–H groups in total. The van der Waals surface area contributed by atoms with Crippen molar-refractivity contribution >= 4 is 40.3 Å². The number of aromatic nitrogens is 2. The second kappa shape index (κ2) is 10.4. The molecule has 2 aliphatic rings. The van der Waals surface area contributed by atoms with Crippen molar-refractivity contribution < 1.29 is 22.7 Å². The Bertz CT molecular complexity index is 1450. The van der Waals surface area contributed by atoms with E-state index in [0.717, 1.165) is 15.6 Å². The van der Waals surface area contributed by atoms with Crippen molar-refractivity contribution in [3.05, 3.63) is 92.8 Å². The van der Waals surface area contributed by atoms with Gasteiger partial charge in [0, 0.05) is 40.5 Å². The molecule has 0 aliphatic carbocycles. The van der Waals surface area contributed by atoms with Gasteiger partial charge in [0.1, 0.15) is 17.7 Å². The summed E-state index contributed by atoms with van der Waals surface area (Å²) in [5.74, 6) is -0.620. The Morgan fingerprint density at radius 3 is 2.84 bits per heavy atom. The normalized spacial score (nSPS) is 22.1. The minimum atomic E-state index is -1.93. The van der Waals surface area contributed by atoms with E-state index in [9.17, 15) is 13.6 Å². The van der Waals surface area contributed by atoms with Gasteiger partial charge in [0.2, 0.25) is 0 Å². The Labute approximate surface area is 226 Å². The van der Waals surface area contributed by atoms with Crippen LogP contribution in [0.25, 0.3) is 5.57 Å². The molecule has 0 amide bonds. The molecular weight excluding hydrogens is 537 g/mol. The third-order valence-electron chi connectivity index (χ3n) is 6.35. The van der Waals surface area contributed by atoms with Crippen LogP contribution in [0.15, 0.2) is 70.8 Å². The molecule has 2 aromatic heterocycles. The van der Waals surface area contributed by atoms with Crippen LogP contribution in [0, 0.1) is 5.82 Å². The molecule has 2 aliphatic heterocycles. The SMILES string of the molecule is CCOC(=O)/C=C/[C@@]1(F)CC2=C(c3ccn(C(C)F)n3)[C@H](c3ccc(F)cc3Cl)N=C(c3cccs3)N2C1. The summed E-state index contributed by atoms with van der Waals surface area (Å²) in [6.45, 7) is 3.09. The maximum Gasteiger partial charge on any atom is 0.330 e. The van der Waals surface area contributed by atoms with Crippen LogP contribution in [0.1, 0.15) is 48.7 Å². The standard InChI is InChI=1S/C27H24ClF3N4O2S/c1-3-37-23(36)8-10-27(31)14-21-24(20-9-11-35(33-20)16(2)29)25(18-7-6-17(30)13-19(18)28)32-26(34(21)15-27)22-5-4-12-38-22/h4-13,16,25H,3,14-15H2,1-2H3/b10-8+/t16?,25-,27+/m0/s1. The van der Waals surface area contributed by atoms with E-state index in [1.807, 2.05) is 17.5 Å². The summed E-state index contributed by atoms with van der Waals surface area (Å²) in [6, 6.07) is 8.65. The lowest BCUT2D eigenvalue weighted by molar-refractivity contribution is -0.137. The fourth-order valence-corrected chi connectivity index (χ4v) is 5.68. The van der Waals surface area contributed by atoms with Crippen molar-refractivity contribution in [2.45, 2.75) is 38.3 Å². The van der Waals surface area contributed by atoms with Crippen LogP contribution in [-0.2, 0) is 9.53 Å². The van der Waals surface area contributed by atoms with Crippen LogP contribution >= 0.6 is 22.9 Å².